The number of urea groups is 1. The van der Waals surface area contributed by atoms with Crippen LogP contribution in [0.5, 0.6) is 11.5 Å². The van der Waals surface area contributed by atoms with E-state index in [-0.39, 0.29) is 10.9 Å². The predicted octanol–water partition coefficient (Wildman–Crippen LogP) is 7.92. The van der Waals surface area contributed by atoms with E-state index in [0.717, 1.165) is 11.1 Å². The van der Waals surface area contributed by atoms with Crippen molar-refractivity contribution in [3.05, 3.63) is 107 Å². The number of piperidine rings is 1. The summed E-state index contributed by atoms with van der Waals surface area (Å²) >= 11 is 12.3. The van der Waals surface area contributed by atoms with Crippen molar-refractivity contribution in [3.8, 4) is 22.6 Å². The van der Waals surface area contributed by atoms with Crippen LogP contribution < -0.4 is 10.1 Å². The smallest absolute Gasteiger partial charge is 0.321 e. The Bertz CT molecular complexity index is 1570. The minimum Gasteiger partial charge on any atom is -0.455 e. The number of benzene rings is 4. The van der Waals surface area contributed by atoms with E-state index in [1.807, 2.05) is 42.5 Å². The molecule has 1 aliphatic heterocycles. The molecule has 1 N–H and O–H groups in total. The fraction of sp³-hybridized carbons (Fsp3) is 0.167. The van der Waals surface area contributed by atoms with Crippen LogP contribution in [0, 0.1) is 0 Å². The van der Waals surface area contributed by atoms with Gasteiger partial charge in [0.1, 0.15) is 5.75 Å². The van der Waals surface area contributed by atoms with Crippen molar-refractivity contribution in [1.82, 2.24) is 4.90 Å². The number of rotatable bonds is 6. The van der Waals surface area contributed by atoms with E-state index in [1.54, 1.807) is 59.5 Å². The average molecular weight is 582 g/mol. The van der Waals surface area contributed by atoms with Gasteiger partial charge in [0, 0.05) is 28.7 Å². The van der Waals surface area contributed by atoms with Crippen molar-refractivity contribution in [2.24, 2.45) is 0 Å². The largest absolute Gasteiger partial charge is 0.455 e. The van der Waals surface area contributed by atoms with Crippen molar-refractivity contribution >= 4 is 44.8 Å². The summed E-state index contributed by atoms with van der Waals surface area (Å²) in [5, 5.41) is 3.37. The number of amides is 2. The molecule has 0 atom stereocenters. The molecule has 0 unspecified atom stereocenters. The van der Waals surface area contributed by atoms with Gasteiger partial charge in [0.05, 0.1) is 15.8 Å². The molecule has 39 heavy (non-hydrogen) atoms. The zero-order valence-electron chi connectivity index (χ0n) is 20.9. The SMILES string of the molecule is O=C(Nc1ccccc1Oc1ccccc1)N1CCC(S(=O)(=O)c2ccc(-c3ccc(Cl)cc3Cl)cc2)CC1. The zero-order chi connectivity index (χ0) is 27.4. The highest BCUT2D eigenvalue weighted by molar-refractivity contribution is 7.92. The van der Waals surface area contributed by atoms with E-state index in [1.165, 1.54) is 0 Å². The highest BCUT2D eigenvalue weighted by Gasteiger charge is 2.33. The maximum absolute atomic E-state index is 13.4. The molecule has 9 heteroatoms. The maximum Gasteiger partial charge on any atom is 0.321 e. The summed E-state index contributed by atoms with van der Waals surface area (Å²) in [6.07, 6.45) is 0.700. The number of hydrogen-bond donors (Lipinski definition) is 1. The summed E-state index contributed by atoms with van der Waals surface area (Å²) < 4.78 is 32.6. The third kappa shape index (κ3) is 6.22. The number of carbonyl (C=O) groups excluding carboxylic acids is 1. The van der Waals surface area contributed by atoms with Gasteiger partial charge in [0.2, 0.25) is 0 Å². The molecule has 0 aromatic heterocycles. The number of ether oxygens (including phenoxy) is 1. The van der Waals surface area contributed by atoms with Crippen molar-refractivity contribution in [2.75, 3.05) is 18.4 Å². The second-order valence-electron chi connectivity index (χ2n) is 9.22. The lowest BCUT2D eigenvalue weighted by molar-refractivity contribution is 0.200. The third-order valence-corrected chi connectivity index (χ3v) is 9.52. The van der Waals surface area contributed by atoms with E-state index >= 15 is 0 Å². The molecule has 200 valence electrons. The zero-order valence-corrected chi connectivity index (χ0v) is 23.2. The molecule has 4 aromatic carbocycles. The van der Waals surface area contributed by atoms with Crippen LogP contribution in [0.4, 0.5) is 10.5 Å². The Morgan fingerprint density at radius 3 is 2.21 bits per heavy atom. The summed E-state index contributed by atoms with van der Waals surface area (Å²) in [5.74, 6) is 1.19. The highest BCUT2D eigenvalue weighted by Crippen LogP contribution is 2.33. The molecule has 2 amide bonds. The minimum absolute atomic E-state index is 0.256. The van der Waals surface area contributed by atoms with Crippen molar-refractivity contribution in [2.45, 2.75) is 23.0 Å². The van der Waals surface area contributed by atoms with Crippen LogP contribution in [0.25, 0.3) is 11.1 Å². The van der Waals surface area contributed by atoms with E-state index in [4.69, 9.17) is 27.9 Å². The first-order valence-corrected chi connectivity index (χ1v) is 14.8. The lowest BCUT2D eigenvalue weighted by atomic mass is 10.1. The second-order valence-corrected chi connectivity index (χ2v) is 12.3. The molecule has 0 aliphatic carbocycles. The fourth-order valence-electron chi connectivity index (χ4n) is 4.58. The topological polar surface area (TPSA) is 75.7 Å². The fourth-order valence-corrected chi connectivity index (χ4v) is 6.83. The Balaban J connectivity index is 1.21. The molecular weight excluding hydrogens is 555 g/mol. The molecule has 0 spiro atoms. The molecule has 0 radical (unpaired) electrons. The summed E-state index contributed by atoms with van der Waals surface area (Å²) in [5.41, 5.74) is 2.13. The van der Waals surface area contributed by atoms with Gasteiger partial charge in [-0.1, -0.05) is 71.7 Å². The number of nitrogens with zero attached hydrogens (tertiary/aromatic N) is 1. The lowest BCUT2D eigenvalue weighted by Crippen LogP contribution is -2.44. The van der Waals surface area contributed by atoms with Crippen LogP contribution in [-0.2, 0) is 9.84 Å². The number of anilines is 1. The van der Waals surface area contributed by atoms with E-state index in [9.17, 15) is 13.2 Å². The second kappa shape index (κ2) is 11.7. The number of sulfone groups is 1. The van der Waals surface area contributed by atoms with E-state index in [2.05, 4.69) is 5.32 Å². The number of para-hydroxylation sites is 3. The average Bonchev–Trinajstić information content (AvgIpc) is 2.95. The molecule has 1 fully saturated rings. The normalized spacial score (nSPS) is 14.2. The van der Waals surface area contributed by atoms with Crippen molar-refractivity contribution < 1.29 is 17.9 Å². The summed E-state index contributed by atoms with van der Waals surface area (Å²) in [4.78, 5) is 14.9. The van der Waals surface area contributed by atoms with E-state index in [0.29, 0.717) is 53.2 Å². The number of halogens is 2. The summed E-state index contributed by atoms with van der Waals surface area (Å²) in [7, 11) is -3.56. The number of likely N-dealkylation sites (tertiary alicyclic amines) is 1. The lowest BCUT2D eigenvalue weighted by Gasteiger charge is -2.32. The van der Waals surface area contributed by atoms with Gasteiger partial charge in [-0.3, -0.25) is 0 Å². The van der Waals surface area contributed by atoms with Gasteiger partial charge >= 0.3 is 6.03 Å². The summed E-state index contributed by atoms with van der Waals surface area (Å²) in [6, 6.07) is 28.2. The van der Waals surface area contributed by atoms with Gasteiger partial charge < -0.3 is 15.0 Å². The van der Waals surface area contributed by atoms with Crippen molar-refractivity contribution in [1.29, 1.82) is 0 Å². The van der Waals surface area contributed by atoms with Gasteiger partial charge in [-0.25, -0.2) is 13.2 Å². The first-order valence-electron chi connectivity index (χ1n) is 12.5. The predicted molar refractivity (Wildman–Crippen MR) is 156 cm³/mol. The highest BCUT2D eigenvalue weighted by atomic mass is 35.5. The van der Waals surface area contributed by atoms with Gasteiger partial charge in [-0.05, 0) is 66.9 Å². The van der Waals surface area contributed by atoms with Crippen LogP contribution in [0.1, 0.15) is 12.8 Å². The van der Waals surface area contributed by atoms with Crippen molar-refractivity contribution in [3.63, 3.8) is 0 Å². The van der Waals surface area contributed by atoms with Crippen LogP contribution >= 0.6 is 23.2 Å². The van der Waals surface area contributed by atoms with Gasteiger partial charge in [-0.2, -0.15) is 0 Å². The summed E-state index contributed by atoms with van der Waals surface area (Å²) in [6.45, 7) is 0.659. The van der Waals surface area contributed by atoms with Gasteiger partial charge in [0.15, 0.2) is 15.6 Å². The Hall–Kier alpha value is -3.52. The van der Waals surface area contributed by atoms with Crippen LogP contribution in [0.2, 0.25) is 10.0 Å². The van der Waals surface area contributed by atoms with Crippen LogP contribution in [0.15, 0.2) is 102 Å². The molecule has 1 heterocycles. The number of nitrogens with one attached hydrogen (secondary N) is 1. The quantitative estimate of drug-likeness (QED) is 0.251. The number of hydrogen-bond acceptors (Lipinski definition) is 4. The van der Waals surface area contributed by atoms with Crippen LogP contribution in [0.3, 0.4) is 0 Å². The number of carbonyl (C=O) groups is 1. The minimum atomic E-state index is -3.56. The first kappa shape index (κ1) is 27.1. The standard InChI is InChI=1S/C30H26Cl2N2O4S/c31-22-12-15-26(27(32)20-22)21-10-13-24(14-11-21)39(36,37)25-16-18-34(19-17-25)30(35)33-28-8-4-5-9-29(28)38-23-6-2-1-3-7-23/h1-15,20,25H,16-19H2,(H,33,35). The Labute approximate surface area is 238 Å². The molecule has 1 aliphatic rings. The third-order valence-electron chi connectivity index (χ3n) is 6.69. The Morgan fingerprint density at radius 1 is 0.846 bits per heavy atom. The molecule has 0 bridgehead atoms. The molecule has 4 aromatic rings. The van der Waals surface area contributed by atoms with E-state index < -0.39 is 15.1 Å². The van der Waals surface area contributed by atoms with Gasteiger partial charge in [-0.15, -0.1) is 0 Å². The first-order chi connectivity index (χ1) is 18.8. The molecule has 0 saturated carbocycles. The van der Waals surface area contributed by atoms with Gasteiger partial charge in [0.25, 0.3) is 0 Å². The molecular formula is C30H26Cl2N2O4S. The Kier molecular flexibility index (Phi) is 8.12. The monoisotopic (exact) mass is 580 g/mol. The maximum atomic E-state index is 13.4. The Morgan fingerprint density at radius 2 is 1.51 bits per heavy atom. The molecule has 1 saturated heterocycles. The molecule has 5 rings (SSSR count). The molecule has 6 nitrogen and oxygen atoms in total. The van der Waals surface area contributed by atoms with Crippen LogP contribution in [-0.4, -0.2) is 37.7 Å².